The minimum absolute atomic E-state index is 0.0584. The largest absolute Gasteiger partial charge is 0.327 e. The van der Waals surface area contributed by atoms with E-state index in [1.807, 2.05) is 0 Å². The Labute approximate surface area is 116 Å². The van der Waals surface area contributed by atoms with Gasteiger partial charge in [0.1, 0.15) is 5.54 Å². The van der Waals surface area contributed by atoms with Crippen LogP contribution in [-0.2, 0) is 11.2 Å². The normalized spacial score (nSPS) is 15.8. The van der Waals surface area contributed by atoms with Crippen LogP contribution in [0, 0.1) is 21.4 Å². The summed E-state index contributed by atoms with van der Waals surface area (Å²) in [4.78, 5) is 24.1. The summed E-state index contributed by atoms with van der Waals surface area (Å²) in [7, 11) is 1.60. The molecule has 0 unspecified atom stereocenters. The van der Waals surface area contributed by atoms with Gasteiger partial charge in [-0.25, -0.2) is 0 Å². The van der Waals surface area contributed by atoms with Crippen molar-refractivity contribution in [3.05, 3.63) is 39.9 Å². The van der Waals surface area contributed by atoms with Crippen LogP contribution in [0.3, 0.4) is 0 Å². The Bertz CT molecular complexity index is 588. The van der Waals surface area contributed by atoms with Gasteiger partial charge in [-0.3, -0.25) is 14.9 Å². The van der Waals surface area contributed by atoms with E-state index >= 15 is 0 Å². The molecule has 1 aromatic rings. The fourth-order valence-electron chi connectivity index (χ4n) is 2.39. The van der Waals surface area contributed by atoms with Gasteiger partial charge in [-0.05, 0) is 19.3 Å². The quantitative estimate of drug-likeness (QED) is 0.620. The Morgan fingerprint density at radius 1 is 1.50 bits per heavy atom. The minimum Gasteiger partial charge on any atom is -0.327 e. The van der Waals surface area contributed by atoms with Gasteiger partial charge in [-0.2, -0.15) is 5.26 Å². The monoisotopic (exact) mass is 273 g/mol. The number of carbonyl (C=O) groups excluding carboxylic acids is 1. The molecule has 6 nitrogen and oxygen atoms in total. The lowest BCUT2D eigenvalue weighted by molar-refractivity contribution is -0.385. The Morgan fingerprint density at radius 3 is 2.65 bits per heavy atom. The topological polar surface area (TPSA) is 87.2 Å². The second kappa shape index (κ2) is 5.29. The summed E-state index contributed by atoms with van der Waals surface area (Å²) in [6.45, 7) is 0. The van der Waals surface area contributed by atoms with Crippen LogP contribution in [0.2, 0.25) is 0 Å². The van der Waals surface area contributed by atoms with E-state index in [0.29, 0.717) is 18.4 Å². The first-order valence-corrected chi connectivity index (χ1v) is 6.40. The maximum absolute atomic E-state index is 12.2. The van der Waals surface area contributed by atoms with Crippen LogP contribution >= 0.6 is 0 Å². The average Bonchev–Trinajstić information content (AvgIpc) is 2.38. The highest BCUT2D eigenvalue weighted by Crippen LogP contribution is 2.36. The van der Waals surface area contributed by atoms with Crippen molar-refractivity contribution in [2.75, 3.05) is 7.05 Å². The standard InChI is InChI=1S/C14H15N3O3/c1-16(14(10-15)7-4-8-14)13(18)9-11-5-2-3-6-12(11)17(19)20/h2-3,5-6H,4,7-9H2,1H3. The number of benzene rings is 1. The number of hydrogen-bond donors (Lipinski definition) is 0. The third kappa shape index (κ3) is 2.35. The molecule has 0 heterocycles. The molecule has 0 atom stereocenters. The summed E-state index contributed by atoms with van der Waals surface area (Å²) in [6, 6.07) is 8.38. The average molecular weight is 273 g/mol. The van der Waals surface area contributed by atoms with Crippen LogP contribution in [0.5, 0.6) is 0 Å². The van der Waals surface area contributed by atoms with Crippen LogP contribution in [0.4, 0.5) is 5.69 Å². The molecule has 0 spiro atoms. The first-order chi connectivity index (χ1) is 9.50. The zero-order valence-electron chi connectivity index (χ0n) is 11.2. The second-order valence-electron chi connectivity index (χ2n) is 5.01. The van der Waals surface area contributed by atoms with Gasteiger partial charge in [-0.1, -0.05) is 18.2 Å². The lowest BCUT2D eigenvalue weighted by Gasteiger charge is -2.43. The number of likely N-dealkylation sites (N-methyl/N-ethyl adjacent to an activating group) is 1. The zero-order chi connectivity index (χ0) is 14.8. The summed E-state index contributed by atoms with van der Waals surface area (Å²) in [5.41, 5.74) is -0.406. The molecule has 0 aliphatic heterocycles. The van der Waals surface area contributed by atoms with Crippen LogP contribution in [0.1, 0.15) is 24.8 Å². The van der Waals surface area contributed by atoms with Crippen molar-refractivity contribution in [3.63, 3.8) is 0 Å². The molecular weight excluding hydrogens is 258 g/mol. The van der Waals surface area contributed by atoms with Crippen LogP contribution < -0.4 is 0 Å². The summed E-state index contributed by atoms with van der Waals surface area (Å²) in [6.07, 6.45) is 2.21. The number of nitro groups is 1. The number of amides is 1. The summed E-state index contributed by atoms with van der Waals surface area (Å²) in [5, 5.41) is 20.1. The SMILES string of the molecule is CN(C(=O)Cc1ccccc1[N+](=O)[O-])C1(C#N)CCC1. The van der Waals surface area contributed by atoms with E-state index in [9.17, 15) is 20.2 Å². The zero-order valence-corrected chi connectivity index (χ0v) is 11.2. The van der Waals surface area contributed by atoms with E-state index in [-0.39, 0.29) is 18.0 Å². The number of hydrogen-bond acceptors (Lipinski definition) is 4. The molecule has 1 amide bonds. The highest BCUT2D eigenvalue weighted by Gasteiger charge is 2.43. The molecule has 1 aromatic carbocycles. The van der Waals surface area contributed by atoms with E-state index in [2.05, 4.69) is 6.07 Å². The molecule has 1 saturated carbocycles. The molecule has 6 heteroatoms. The predicted octanol–water partition coefficient (Wildman–Crippen LogP) is 2.04. The Balaban J connectivity index is 2.17. The maximum Gasteiger partial charge on any atom is 0.273 e. The van der Waals surface area contributed by atoms with E-state index in [4.69, 9.17) is 0 Å². The predicted molar refractivity (Wildman–Crippen MR) is 71.8 cm³/mol. The summed E-state index contributed by atoms with van der Waals surface area (Å²) in [5.74, 6) is -0.263. The minimum atomic E-state index is -0.722. The van der Waals surface area contributed by atoms with E-state index in [1.54, 1.807) is 25.2 Å². The highest BCUT2D eigenvalue weighted by atomic mass is 16.6. The number of nitrogens with zero attached hydrogens (tertiary/aromatic N) is 3. The lowest BCUT2D eigenvalue weighted by atomic mass is 9.76. The van der Waals surface area contributed by atoms with Crippen molar-refractivity contribution in [2.45, 2.75) is 31.2 Å². The fourth-order valence-corrected chi connectivity index (χ4v) is 2.39. The first-order valence-electron chi connectivity index (χ1n) is 6.40. The third-order valence-electron chi connectivity index (χ3n) is 3.93. The molecule has 1 fully saturated rings. The Kier molecular flexibility index (Phi) is 3.70. The number of nitro benzene ring substituents is 1. The molecule has 20 heavy (non-hydrogen) atoms. The molecule has 0 saturated heterocycles. The summed E-state index contributed by atoms with van der Waals surface area (Å²) >= 11 is 0. The van der Waals surface area contributed by atoms with E-state index in [1.165, 1.54) is 11.0 Å². The molecule has 1 aliphatic carbocycles. The molecule has 0 bridgehead atoms. The van der Waals surface area contributed by atoms with E-state index < -0.39 is 10.5 Å². The van der Waals surface area contributed by atoms with Gasteiger partial charge in [0.05, 0.1) is 17.4 Å². The summed E-state index contributed by atoms with van der Waals surface area (Å²) < 4.78 is 0. The Hall–Kier alpha value is -2.42. The third-order valence-corrected chi connectivity index (χ3v) is 3.93. The number of nitriles is 1. The maximum atomic E-state index is 12.2. The molecular formula is C14H15N3O3. The van der Waals surface area contributed by atoms with Gasteiger partial charge in [0, 0.05) is 18.7 Å². The van der Waals surface area contributed by atoms with Crippen molar-refractivity contribution in [3.8, 4) is 6.07 Å². The van der Waals surface area contributed by atoms with Gasteiger partial charge in [0.25, 0.3) is 5.69 Å². The van der Waals surface area contributed by atoms with Gasteiger partial charge in [0.2, 0.25) is 5.91 Å². The smallest absolute Gasteiger partial charge is 0.273 e. The molecule has 0 aromatic heterocycles. The van der Waals surface area contributed by atoms with Crippen molar-refractivity contribution in [2.24, 2.45) is 0 Å². The molecule has 2 rings (SSSR count). The molecule has 104 valence electrons. The first kappa shape index (κ1) is 14.0. The number of carbonyl (C=O) groups is 1. The highest BCUT2D eigenvalue weighted by molar-refractivity contribution is 5.81. The van der Waals surface area contributed by atoms with Crippen molar-refractivity contribution in [1.82, 2.24) is 4.90 Å². The van der Waals surface area contributed by atoms with Crippen LogP contribution in [-0.4, -0.2) is 28.3 Å². The molecule has 0 radical (unpaired) electrons. The molecule has 1 aliphatic rings. The Morgan fingerprint density at radius 2 is 2.15 bits per heavy atom. The van der Waals surface area contributed by atoms with Gasteiger partial charge < -0.3 is 4.90 Å². The van der Waals surface area contributed by atoms with Gasteiger partial charge >= 0.3 is 0 Å². The van der Waals surface area contributed by atoms with Crippen molar-refractivity contribution < 1.29 is 9.72 Å². The van der Waals surface area contributed by atoms with E-state index in [0.717, 1.165) is 6.42 Å². The van der Waals surface area contributed by atoms with Crippen LogP contribution in [0.15, 0.2) is 24.3 Å². The van der Waals surface area contributed by atoms with Crippen molar-refractivity contribution >= 4 is 11.6 Å². The van der Waals surface area contributed by atoms with Gasteiger partial charge in [-0.15, -0.1) is 0 Å². The molecule has 0 N–H and O–H groups in total. The lowest BCUT2D eigenvalue weighted by Crippen LogP contribution is -2.53. The van der Waals surface area contributed by atoms with Gasteiger partial charge in [0.15, 0.2) is 0 Å². The van der Waals surface area contributed by atoms with Crippen LogP contribution in [0.25, 0.3) is 0 Å². The number of para-hydroxylation sites is 1. The number of rotatable bonds is 4. The fraction of sp³-hybridized carbons (Fsp3) is 0.429. The second-order valence-corrected chi connectivity index (χ2v) is 5.01. The van der Waals surface area contributed by atoms with Crippen molar-refractivity contribution in [1.29, 1.82) is 5.26 Å².